The van der Waals surface area contributed by atoms with Gasteiger partial charge in [-0.1, -0.05) is 0 Å². The van der Waals surface area contributed by atoms with E-state index in [2.05, 4.69) is 5.32 Å². The molecule has 0 aromatic rings. The highest BCUT2D eigenvalue weighted by atomic mass is 16.4. The first-order valence-electron chi connectivity index (χ1n) is 5.50. The standard InChI is InChI=1S/C10H15N3O4/c14-9(15)7-1-3-12-5-6-13(10(16)17)4-2-8(12)11-7/h2,7,11H,1,3-6H2,(H,14,15)(H,16,17). The number of carboxylic acids is 1. The van der Waals surface area contributed by atoms with E-state index < -0.39 is 18.1 Å². The smallest absolute Gasteiger partial charge is 0.407 e. The summed E-state index contributed by atoms with van der Waals surface area (Å²) in [6, 6.07) is -0.575. The number of carbonyl (C=O) groups is 2. The van der Waals surface area contributed by atoms with E-state index in [1.165, 1.54) is 4.90 Å². The first-order valence-corrected chi connectivity index (χ1v) is 5.50. The molecule has 0 bridgehead atoms. The Morgan fingerprint density at radius 3 is 2.71 bits per heavy atom. The molecule has 0 aromatic carbocycles. The molecule has 0 radical (unpaired) electrons. The van der Waals surface area contributed by atoms with Gasteiger partial charge in [-0.2, -0.15) is 0 Å². The van der Waals surface area contributed by atoms with Gasteiger partial charge in [-0.05, 0) is 12.5 Å². The van der Waals surface area contributed by atoms with Crippen molar-refractivity contribution in [3.63, 3.8) is 0 Å². The molecule has 2 rings (SSSR count). The van der Waals surface area contributed by atoms with Crippen LogP contribution in [0.15, 0.2) is 11.9 Å². The van der Waals surface area contributed by atoms with Crippen LogP contribution >= 0.6 is 0 Å². The molecule has 2 aliphatic rings. The van der Waals surface area contributed by atoms with Crippen LogP contribution in [-0.2, 0) is 4.79 Å². The second-order valence-corrected chi connectivity index (χ2v) is 4.13. The predicted molar refractivity (Wildman–Crippen MR) is 58.4 cm³/mol. The van der Waals surface area contributed by atoms with Crippen molar-refractivity contribution in [3.05, 3.63) is 11.9 Å². The Bertz CT molecular complexity index is 357. The fraction of sp³-hybridized carbons (Fsp3) is 0.600. The maximum absolute atomic E-state index is 10.9. The summed E-state index contributed by atoms with van der Waals surface area (Å²) in [7, 11) is 0. The minimum atomic E-state index is -0.948. The van der Waals surface area contributed by atoms with E-state index >= 15 is 0 Å². The van der Waals surface area contributed by atoms with E-state index in [0.717, 1.165) is 5.82 Å². The van der Waals surface area contributed by atoms with Crippen molar-refractivity contribution in [2.24, 2.45) is 0 Å². The lowest BCUT2D eigenvalue weighted by Crippen LogP contribution is -2.49. The lowest BCUT2D eigenvalue weighted by Gasteiger charge is -2.34. The van der Waals surface area contributed by atoms with Crippen molar-refractivity contribution in [1.29, 1.82) is 0 Å². The molecule has 3 N–H and O–H groups in total. The molecule has 17 heavy (non-hydrogen) atoms. The van der Waals surface area contributed by atoms with Crippen molar-refractivity contribution in [2.45, 2.75) is 12.5 Å². The van der Waals surface area contributed by atoms with Gasteiger partial charge in [-0.3, -0.25) is 0 Å². The minimum absolute atomic E-state index is 0.292. The second kappa shape index (κ2) is 4.52. The van der Waals surface area contributed by atoms with Crippen molar-refractivity contribution in [2.75, 3.05) is 26.2 Å². The predicted octanol–water partition coefficient (Wildman–Crippen LogP) is -0.430. The van der Waals surface area contributed by atoms with Gasteiger partial charge >= 0.3 is 12.1 Å². The molecule has 0 spiro atoms. The fourth-order valence-electron chi connectivity index (χ4n) is 2.06. The van der Waals surface area contributed by atoms with Crippen LogP contribution in [0, 0.1) is 0 Å². The Kier molecular flexibility index (Phi) is 3.08. The van der Waals surface area contributed by atoms with Gasteiger partial charge in [0.2, 0.25) is 0 Å². The summed E-state index contributed by atoms with van der Waals surface area (Å²) in [5, 5.41) is 20.7. The van der Waals surface area contributed by atoms with Crippen LogP contribution in [0.3, 0.4) is 0 Å². The Morgan fingerprint density at radius 1 is 1.29 bits per heavy atom. The number of fused-ring (bicyclic) bond motifs is 1. The molecule has 0 aromatic heterocycles. The summed E-state index contributed by atoms with van der Waals surface area (Å²) >= 11 is 0. The number of aliphatic carboxylic acids is 1. The van der Waals surface area contributed by atoms with Crippen LogP contribution < -0.4 is 5.32 Å². The molecule has 1 saturated heterocycles. The SMILES string of the molecule is O=C(O)C1CCN2CCN(C(=O)O)CC=C2N1. The molecular weight excluding hydrogens is 226 g/mol. The van der Waals surface area contributed by atoms with Gasteiger partial charge in [0.05, 0.1) is 5.82 Å². The van der Waals surface area contributed by atoms with E-state index in [4.69, 9.17) is 10.2 Å². The molecule has 2 heterocycles. The average Bonchev–Trinajstić information content (AvgIpc) is 2.50. The zero-order valence-electron chi connectivity index (χ0n) is 9.30. The van der Waals surface area contributed by atoms with Crippen LogP contribution in [-0.4, -0.2) is 64.3 Å². The van der Waals surface area contributed by atoms with E-state index in [-0.39, 0.29) is 0 Å². The Balaban J connectivity index is 2.07. The topological polar surface area (TPSA) is 93.1 Å². The Morgan fingerprint density at radius 2 is 2.06 bits per heavy atom. The summed E-state index contributed by atoms with van der Waals surface area (Å²) in [6.07, 6.45) is 1.31. The van der Waals surface area contributed by atoms with Crippen LogP contribution in [0.2, 0.25) is 0 Å². The quantitative estimate of drug-likeness (QED) is 0.577. The highest BCUT2D eigenvalue weighted by Gasteiger charge is 2.28. The lowest BCUT2D eigenvalue weighted by molar-refractivity contribution is -0.140. The number of hydrogen-bond acceptors (Lipinski definition) is 4. The number of nitrogens with one attached hydrogen (secondary N) is 1. The molecule has 0 saturated carbocycles. The largest absolute Gasteiger partial charge is 0.480 e. The molecule has 1 amide bonds. The summed E-state index contributed by atoms with van der Waals surface area (Å²) in [6.45, 7) is 1.97. The number of hydrogen-bond donors (Lipinski definition) is 3. The number of rotatable bonds is 1. The van der Waals surface area contributed by atoms with Gasteiger partial charge in [-0.15, -0.1) is 0 Å². The highest BCUT2D eigenvalue weighted by Crippen LogP contribution is 2.15. The molecule has 2 aliphatic heterocycles. The van der Waals surface area contributed by atoms with Gasteiger partial charge in [0.1, 0.15) is 6.04 Å². The molecule has 7 nitrogen and oxygen atoms in total. The lowest BCUT2D eigenvalue weighted by atomic mass is 10.1. The van der Waals surface area contributed by atoms with Gasteiger partial charge in [0.15, 0.2) is 0 Å². The van der Waals surface area contributed by atoms with Crippen LogP contribution in [0.5, 0.6) is 0 Å². The van der Waals surface area contributed by atoms with Gasteiger partial charge in [-0.25, -0.2) is 9.59 Å². The normalized spacial score (nSPS) is 24.2. The van der Waals surface area contributed by atoms with Crippen molar-refractivity contribution >= 4 is 12.1 Å². The summed E-state index contributed by atoms with van der Waals surface area (Å²) < 4.78 is 0. The van der Waals surface area contributed by atoms with Gasteiger partial charge < -0.3 is 25.3 Å². The second-order valence-electron chi connectivity index (χ2n) is 4.13. The fourth-order valence-corrected chi connectivity index (χ4v) is 2.06. The molecule has 1 fully saturated rings. The van der Waals surface area contributed by atoms with Crippen molar-refractivity contribution in [3.8, 4) is 0 Å². The van der Waals surface area contributed by atoms with Gasteiger partial charge in [0.25, 0.3) is 0 Å². The Labute approximate surface area is 98.3 Å². The maximum atomic E-state index is 10.9. The van der Waals surface area contributed by atoms with Crippen LogP contribution in [0.4, 0.5) is 4.79 Å². The van der Waals surface area contributed by atoms with Gasteiger partial charge in [0, 0.05) is 26.2 Å². The first kappa shape index (κ1) is 11.6. The van der Waals surface area contributed by atoms with Crippen LogP contribution in [0.1, 0.15) is 6.42 Å². The zero-order valence-corrected chi connectivity index (χ0v) is 9.30. The molecule has 1 unspecified atom stereocenters. The number of carboxylic acid groups (broad SMARTS) is 2. The Hall–Kier alpha value is -1.92. The molecule has 7 heteroatoms. The third-order valence-corrected chi connectivity index (χ3v) is 3.06. The van der Waals surface area contributed by atoms with Crippen molar-refractivity contribution < 1.29 is 19.8 Å². The average molecular weight is 241 g/mol. The molecule has 1 atom stereocenters. The van der Waals surface area contributed by atoms with E-state index in [1.54, 1.807) is 6.08 Å². The monoisotopic (exact) mass is 241 g/mol. The van der Waals surface area contributed by atoms with Crippen LogP contribution in [0.25, 0.3) is 0 Å². The van der Waals surface area contributed by atoms with E-state index in [1.807, 2.05) is 4.90 Å². The molecule has 94 valence electrons. The first-order chi connectivity index (χ1) is 8.08. The summed E-state index contributed by atoms with van der Waals surface area (Å²) in [5.74, 6) is -0.141. The zero-order chi connectivity index (χ0) is 12.4. The molecular formula is C10H15N3O4. The third-order valence-electron chi connectivity index (χ3n) is 3.06. The highest BCUT2D eigenvalue weighted by molar-refractivity contribution is 5.74. The van der Waals surface area contributed by atoms with Crippen molar-refractivity contribution in [1.82, 2.24) is 15.1 Å². The van der Waals surface area contributed by atoms with E-state index in [0.29, 0.717) is 32.6 Å². The van der Waals surface area contributed by atoms with E-state index in [9.17, 15) is 9.59 Å². The number of nitrogens with zero attached hydrogens (tertiary/aromatic N) is 2. The third kappa shape index (κ3) is 2.43. The summed E-state index contributed by atoms with van der Waals surface area (Å²) in [5.41, 5.74) is 0. The maximum Gasteiger partial charge on any atom is 0.407 e. The minimum Gasteiger partial charge on any atom is -0.480 e. The molecule has 0 aliphatic carbocycles. The summed E-state index contributed by atoms with van der Waals surface area (Å²) in [4.78, 5) is 25.0. The number of amides is 1.